The molecular formula is C19H26N4O3S. The quantitative estimate of drug-likeness (QED) is 0.742. The lowest BCUT2D eigenvalue weighted by molar-refractivity contribution is -0.122. The number of nitrogens with one attached hydrogen (secondary N) is 2. The molecule has 3 rings (SSSR count). The van der Waals surface area contributed by atoms with E-state index in [0.29, 0.717) is 5.92 Å². The zero-order chi connectivity index (χ0) is 19.4. The number of rotatable bonds is 6. The van der Waals surface area contributed by atoms with Crippen LogP contribution in [0.5, 0.6) is 0 Å². The first-order valence-corrected chi connectivity index (χ1v) is 10.7. The summed E-state index contributed by atoms with van der Waals surface area (Å²) in [5, 5.41) is 4.19. The first-order valence-electron chi connectivity index (χ1n) is 9.27. The Morgan fingerprint density at radius 3 is 2.41 bits per heavy atom. The van der Waals surface area contributed by atoms with Gasteiger partial charge in [-0.05, 0) is 56.4 Å². The maximum absolute atomic E-state index is 12.4. The van der Waals surface area contributed by atoms with Gasteiger partial charge in [-0.25, -0.2) is 8.42 Å². The number of benzene rings is 1. The van der Waals surface area contributed by atoms with Gasteiger partial charge >= 0.3 is 0 Å². The van der Waals surface area contributed by atoms with E-state index in [9.17, 15) is 13.2 Å². The molecule has 2 N–H and O–H groups in total. The van der Waals surface area contributed by atoms with E-state index in [1.807, 2.05) is 32.0 Å². The predicted octanol–water partition coefficient (Wildman–Crippen LogP) is 2.56. The van der Waals surface area contributed by atoms with Gasteiger partial charge in [0.2, 0.25) is 0 Å². The molecule has 0 saturated heterocycles. The first kappa shape index (κ1) is 19.6. The Balaban J connectivity index is 1.59. The van der Waals surface area contributed by atoms with Crippen LogP contribution >= 0.6 is 0 Å². The van der Waals surface area contributed by atoms with E-state index in [0.717, 1.165) is 24.2 Å². The summed E-state index contributed by atoms with van der Waals surface area (Å²) in [5.41, 5.74) is 5.07. The molecule has 0 unspecified atom stereocenters. The summed E-state index contributed by atoms with van der Waals surface area (Å²) >= 11 is 0. The lowest BCUT2D eigenvalue weighted by Gasteiger charge is -2.22. The van der Waals surface area contributed by atoms with Gasteiger partial charge in [0.15, 0.2) is 0 Å². The summed E-state index contributed by atoms with van der Waals surface area (Å²) in [4.78, 5) is 14.3. The molecular weight excluding hydrogens is 364 g/mol. The van der Waals surface area contributed by atoms with Gasteiger partial charge in [-0.1, -0.05) is 31.4 Å². The van der Waals surface area contributed by atoms with Crippen LogP contribution in [0, 0.1) is 13.8 Å². The smallest absolute Gasteiger partial charge is 0.257 e. The van der Waals surface area contributed by atoms with Crippen LogP contribution in [0.4, 0.5) is 0 Å². The number of sulfonamides is 1. The van der Waals surface area contributed by atoms with E-state index < -0.39 is 15.9 Å². The van der Waals surface area contributed by atoms with Crippen molar-refractivity contribution in [1.29, 1.82) is 0 Å². The molecule has 1 fully saturated rings. The van der Waals surface area contributed by atoms with Gasteiger partial charge in [0.1, 0.15) is 6.54 Å². The summed E-state index contributed by atoms with van der Waals surface area (Å²) < 4.78 is 26.3. The van der Waals surface area contributed by atoms with E-state index in [-0.39, 0.29) is 11.4 Å². The van der Waals surface area contributed by atoms with Crippen LogP contribution in [0.3, 0.4) is 0 Å². The first-order chi connectivity index (χ1) is 12.8. The van der Waals surface area contributed by atoms with Crippen LogP contribution in [-0.2, 0) is 21.4 Å². The van der Waals surface area contributed by atoms with Crippen molar-refractivity contribution < 1.29 is 13.2 Å². The summed E-state index contributed by atoms with van der Waals surface area (Å²) in [7, 11) is -3.81. The number of aryl methyl sites for hydroxylation is 2. The van der Waals surface area contributed by atoms with Crippen molar-refractivity contribution in [3.63, 3.8) is 0 Å². The molecule has 0 aliphatic heterocycles. The molecule has 2 aromatic rings. The van der Waals surface area contributed by atoms with E-state index >= 15 is 0 Å². The highest BCUT2D eigenvalue weighted by Crippen LogP contribution is 2.32. The number of carbonyl (C=O) groups excluding carboxylic acids is 1. The fourth-order valence-electron chi connectivity index (χ4n) is 3.55. The number of aromatic nitrogens is 2. The van der Waals surface area contributed by atoms with E-state index in [2.05, 4.69) is 15.4 Å². The minimum atomic E-state index is -3.81. The highest BCUT2D eigenvalue weighted by Gasteiger charge is 2.19. The third-order valence-corrected chi connectivity index (χ3v) is 6.25. The second-order valence-electron chi connectivity index (χ2n) is 7.14. The number of hydrogen-bond donors (Lipinski definition) is 2. The largest absolute Gasteiger partial charge is 0.276 e. The zero-order valence-corrected chi connectivity index (χ0v) is 16.6. The second-order valence-corrected chi connectivity index (χ2v) is 8.82. The molecule has 0 bridgehead atoms. The monoisotopic (exact) mass is 390 g/mol. The number of amides is 1. The maximum Gasteiger partial charge on any atom is 0.257 e. The Morgan fingerprint density at radius 1 is 1.15 bits per heavy atom. The summed E-state index contributed by atoms with van der Waals surface area (Å²) in [6, 6.07) is 8.80. The molecule has 1 aliphatic carbocycles. The fraction of sp³-hybridized carbons (Fsp3) is 0.474. The molecule has 0 spiro atoms. The number of carbonyl (C=O) groups is 1. The van der Waals surface area contributed by atoms with Gasteiger partial charge < -0.3 is 0 Å². The molecule has 0 atom stereocenters. The van der Waals surface area contributed by atoms with Gasteiger partial charge in [-0.15, -0.1) is 4.83 Å². The molecule has 1 amide bonds. The van der Waals surface area contributed by atoms with Gasteiger partial charge in [0, 0.05) is 5.69 Å². The Morgan fingerprint density at radius 2 is 1.81 bits per heavy atom. The third kappa shape index (κ3) is 4.95. The third-order valence-electron chi connectivity index (χ3n) is 4.99. The summed E-state index contributed by atoms with van der Waals surface area (Å²) in [5.74, 6) is 0.0348. The van der Waals surface area contributed by atoms with Crippen molar-refractivity contribution in [2.24, 2.45) is 0 Å². The van der Waals surface area contributed by atoms with Gasteiger partial charge in [-0.3, -0.25) is 14.9 Å². The van der Waals surface area contributed by atoms with Gasteiger partial charge in [-0.2, -0.15) is 5.10 Å². The average molecular weight is 391 g/mol. The molecule has 1 saturated carbocycles. The van der Waals surface area contributed by atoms with E-state index in [4.69, 9.17) is 0 Å². The minimum Gasteiger partial charge on any atom is -0.276 e. The highest BCUT2D eigenvalue weighted by atomic mass is 32.2. The van der Waals surface area contributed by atoms with E-state index in [1.54, 1.807) is 12.1 Å². The fourth-order valence-corrected chi connectivity index (χ4v) is 4.41. The van der Waals surface area contributed by atoms with Crippen LogP contribution in [0.25, 0.3) is 0 Å². The van der Waals surface area contributed by atoms with Crippen LogP contribution < -0.4 is 10.3 Å². The van der Waals surface area contributed by atoms with Crippen LogP contribution in [0.2, 0.25) is 0 Å². The standard InChI is InChI=1S/C19H26N4O3S/c1-14-12-15(2)23(21-14)13-19(24)20-22-27(25,26)18-10-8-17(9-11-18)16-6-4-3-5-7-16/h8-12,16,22H,3-7,13H2,1-2H3,(H,20,24). The topological polar surface area (TPSA) is 93.1 Å². The summed E-state index contributed by atoms with van der Waals surface area (Å²) in [6.07, 6.45) is 6.06. The molecule has 146 valence electrons. The van der Waals surface area contributed by atoms with Crippen molar-refractivity contribution in [3.8, 4) is 0 Å². The molecule has 27 heavy (non-hydrogen) atoms. The molecule has 1 aromatic heterocycles. The SMILES string of the molecule is Cc1cc(C)n(CC(=O)NNS(=O)(=O)c2ccc(C3CCCCC3)cc2)n1. The Bertz CT molecular complexity index is 898. The molecule has 0 radical (unpaired) electrons. The molecule has 1 aromatic carbocycles. The second kappa shape index (κ2) is 8.22. The van der Waals surface area contributed by atoms with Crippen LogP contribution in [0.15, 0.2) is 35.2 Å². The van der Waals surface area contributed by atoms with Crippen molar-refractivity contribution in [3.05, 3.63) is 47.3 Å². The maximum atomic E-state index is 12.4. The highest BCUT2D eigenvalue weighted by molar-refractivity contribution is 7.89. The Hall–Kier alpha value is -2.19. The predicted molar refractivity (Wildman–Crippen MR) is 102 cm³/mol. The van der Waals surface area contributed by atoms with Gasteiger partial charge in [0.25, 0.3) is 15.9 Å². The lowest BCUT2D eigenvalue weighted by atomic mass is 9.84. The Kier molecular flexibility index (Phi) is 5.96. The number of hydrazine groups is 1. The van der Waals surface area contributed by atoms with Gasteiger partial charge in [0.05, 0.1) is 10.6 Å². The van der Waals surface area contributed by atoms with Crippen molar-refractivity contribution in [1.82, 2.24) is 20.0 Å². The molecule has 1 heterocycles. The lowest BCUT2D eigenvalue weighted by Crippen LogP contribution is -2.43. The van der Waals surface area contributed by atoms with Crippen molar-refractivity contribution in [2.45, 2.75) is 63.3 Å². The van der Waals surface area contributed by atoms with E-state index in [1.165, 1.54) is 29.5 Å². The minimum absolute atomic E-state index is 0.0528. The molecule has 7 nitrogen and oxygen atoms in total. The number of nitrogens with zero attached hydrogens (tertiary/aromatic N) is 2. The summed E-state index contributed by atoms with van der Waals surface area (Å²) in [6.45, 7) is 3.62. The zero-order valence-electron chi connectivity index (χ0n) is 15.7. The average Bonchev–Trinajstić information content (AvgIpc) is 2.98. The van der Waals surface area contributed by atoms with Crippen molar-refractivity contribution in [2.75, 3.05) is 0 Å². The van der Waals surface area contributed by atoms with Crippen LogP contribution in [0.1, 0.15) is 55.0 Å². The molecule has 1 aliphatic rings. The Labute approximate surface area is 160 Å². The van der Waals surface area contributed by atoms with Crippen LogP contribution in [-0.4, -0.2) is 24.1 Å². The normalized spacial score (nSPS) is 15.6. The molecule has 8 heteroatoms. The van der Waals surface area contributed by atoms with Crippen molar-refractivity contribution >= 4 is 15.9 Å². The number of hydrogen-bond acceptors (Lipinski definition) is 4.